The molecule has 1 fully saturated rings. The third-order valence-electron chi connectivity index (χ3n) is 3.11. The second kappa shape index (κ2) is 6.01. The van der Waals surface area contributed by atoms with Crippen molar-refractivity contribution in [1.29, 1.82) is 0 Å². The summed E-state index contributed by atoms with van der Waals surface area (Å²) < 4.78 is 27.9. The van der Waals surface area contributed by atoms with Gasteiger partial charge in [-0.25, -0.2) is 8.42 Å². The fraction of sp³-hybridized carbons (Fsp3) is 0.700. The maximum atomic E-state index is 12.4. The van der Waals surface area contributed by atoms with Crippen molar-refractivity contribution < 1.29 is 8.42 Å². The molecule has 0 amide bonds. The maximum Gasteiger partial charge on any atom is 0.260 e. The maximum absolute atomic E-state index is 12.4. The number of aromatic nitrogens is 2. The number of likely N-dealkylation sites (N-methyl/N-ethyl adjacent to an activating group) is 1. The van der Waals surface area contributed by atoms with Gasteiger partial charge < -0.3 is 5.32 Å². The first-order valence-corrected chi connectivity index (χ1v) is 7.16. The van der Waals surface area contributed by atoms with E-state index >= 15 is 0 Å². The van der Waals surface area contributed by atoms with Crippen LogP contribution in [0.4, 0.5) is 0 Å². The van der Waals surface area contributed by atoms with Crippen LogP contribution in [-0.4, -0.2) is 48.7 Å². The Morgan fingerprint density at radius 3 is 2.83 bits per heavy atom. The van der Waals surface area contributed by atoms with Gasteiger partial charge in [0.1, 0.15) is 0 Å². The molecule has 8 heteroatoms. The van der Waals surface area contributed by atoms with E-state index in [-0.39, 0.29) is 23.5 Å². The minimum Gasteiger partial charge on any atom is -0.318 e. The standard InChI is InChI=1S/C10H18N4O2S.ClH/c1-11-8-9-4-3-7-14(9)17(15,16)10-5-6-12-13(10)2;/h5-6,9,11H,3-4,7-8H2,1-2H3;1H. The summed E-state index contributed by atoms with van der Waals surface area (Å²) in [4.78, 5) is 0. The zero-order valence-electron chi connectivity index (χ0n) is 10.5. The van der Waals surface area contributed by atoms with Crippen molar-refractivity contribution in [2.45, 2.75) is 23.9 Å². The van der Waals surface area contributed by atoms with Crippen molar-refractivity contribution >= 4 is 22.4 Å². The fourth-order valence-corrected chi connectivity index (χ4v) is 4.10. The van der Waals surface area contributed by atoms with Gasteiger partial charge in [0.2, 0.25) is 0 Å². The summed E-state index contributed by atoms with van der Waals surface area (Å²) >= 11 is 0. The Morgan fingerprint density at radius 2 is 2.28 bits per heavy atom. The molecule has 1 saturated heterocycles. The van der Waals surface area contributed by atoms with Gasteiger partial charge in [-0.2, -0.15) is 9.40 Å². The van der Waals surface area contributed by atoms with Gasteiger partial charge in [-0.1, -0.05) is 0 Å². The van der Waals surface area contributed by atoms with Gasteiger partial charge in [-0.3, -0.25) is 4.68 Å². The Balaban J connectivity index is 0.00000162. The SMILES string of the molecule is CNCC1CCCN1S(=O)(=O)c1ccnn1C.Cl. The van der Waals surface area contributed by atoms with Gasteiger partial charge in [-0.15, -0.1) is 12.4 Å². The molecule has 1 unspecified atom stereocenters. The van der Waals surface area contributed by atoms with Crippen LogP contribution in [0.15, 0.2) is 17.3 Å². The fourth-order valence-electron chi connectivity index (χ4n) is 2.30. The molecule has 0 aromatic carbocycles. The van der Waals surface area contributed by atoms with Crippen molar-refractivity contribution in [3.05, 3.63) is 12.3 Å². The van der Waals surface area contributed by atoms with Crippen LogP contribution in [0, 0.1) is 0 Å². The van der Waals surface area contributed by atoms with Crippen molar-refractivity contribution in [1.82, 2.24) is 19.4 Å². The molecule has 0 radical (unpaired) electrons. The quantitative estimate of drug-likeness (QED) is 0.862. The van der Waals surface area contributed by atoms with Gasteiger partial charge in [0, 0.05) is 26.2 Å². The highest BCUT2D eigenvalue weighted by atomic mass is 35.5. The van der Waals surface area contributed by atoms with Crippen molar-refractivity contribution in [3.8, 4) is 0 Å². The normalized spacial score (nSPS) is 20.9. The molecule has 0 saturated carbocycles. The minimum absolute atomic E-state index is 0. The Bertz CT molecular complexity index is 488. The van der Waals surface area contributed by atoms with E-state index in [2.05, 4.69) is 10.4 Å². The second-order valence-corrected chi connectivity index (χ2v) is 6.10. The van der Waals surface area contributed by atoms with Gasteiger partial charge in [-0.05, 0) is 26.0 Å². The highest BCUT2D eigenvalue weighted by molar-refractivity contribution is 7.89. The molecule has 0 spiro atoms. The van der Waals surface area contributed by atoms with Crippen molar-refractivity contribution in [3.63, 3.8) is 0 Å². The number of halogens is 1. The molecule has 2 heterocycles. The molecule has 1 N–H and O–H groups in total. The molecule has 1 aromatic rings. The average Bonchev–Trinajstić information content (AvgIpc) is 2.87. The van der Waals surface area contributed by atoms with E-state index in [1.54, 1.807) is 17.4 Å². The van der Waals surface area contributed by atoms with Crippen LogP contribution in [0.5, 0.6) is 0 Å². The topological polar surface area (TPSA) is 67.2 Å². The van der Waals surface area contributed by atoms with Crippen LogP contribution in [0.1, 0.15) is 12.8 Å². The molecule has 0 aliphatic carbocycles. The molecule has 18 heavy (non-hydrogen) atoms. The lowest BCUT2D eigenvalue weighted by molar-refractivity contribution is 0.375. The molecule has 2 rings (SSSR count). The van der Waals surface area contributed by atoms with E-state index in [1.165, 1.54) is 10.9 Å². The zero-order valence-corrected chi connectivity index (χ0v) is 12.2. The third-order valence-corrected chi connectivity index (χ3v) is 5.14. The Kier molecular flexibility index (Phi) is 5.15. The second-order valence-electron chi connectivity index (χ2n) is 4.26. The Morgan fingerprint density at radius 1 is 1.56 bits per heavy atom. The van der Waals surface area contributed by atoms with Gasteiger partial charge >= 0.3 is 0 Å². The van der Waals surface area contributed by atoms with Crippen LogP contribution in [0.2, 0.25) is 0 Å². The van der Waals surface area contributed by atoms with E-state index in [0.29, 0.717) is 13.1 Å². The predicted molar refractivity (Wildman–Crippen MR) is 71.3 cm³/mol. The molecule has 0 bridgehead atoms. The van der Waals surface area contributed by atoms with Gasteiger partial charge in [0.15, 0.2) is 5.03 Å². The van der Waals surface area contributed by atoms with Gasteiger partial charge in [0.25, 0.3) is 10.0 Å². The van der Waals surface area contributed by atoms with E-state index in [4.69, 9.17) is 0 Å². The Labute approximate surface area is 114 Å². The van der Waals surface area contributed by atoms with E-state index in [0.717, 1.165) is 12.8 Å². The molecule has 6 nitrogen and oxygen atoms in total. The summed E-state index contributed by atoms with van der Waals surface area (Å²) in [6.45, 7) is 1.29. The predicted octanol–water partition coefficient (Wildman–Crippen LogP) is 0.214. The highest BCUT2D eigenvalue weighted by Crippen LogP contribution is 2.25. The van der Waals surface area contributed by atoms with Crippen molar-refractivity contribution in [2.75, 3.05) is 20.1 Å². The minimum atomic E-state index is -3.40. The molecule has 104 valence electrons. The lowest BCUT2D eigenvalue weighted by atomic mass is 10.2. The average molecular weight is 295 g/mol. The van der Waals surface area contributed by atoms with Gasteiger partial charge in [0.05, 0.1) is 6.20 Å². The summed E-state index contributed by atoms with van der Waals surface area (Å²) in [5.74, 6) is 0. The largest absolute Gasteiger partial charge is 0.318 e. The van der Waals surface area contributed by atoms with Crippen LogP contribution < -0.4 is 5.32 Å². The number of hydrogen-bond donors (Lipinski definition) is 1. The molecular formula is C10H19ClN4O2S. The summed E-state index contributed by atoms with van der Waals surface area (Å²) in [6.07, 6.45) is 3.34. The molecule has 1 atom stereocenters. The van der Waals surface area contributed by atoms with Crippen LogP contribution in [-0.2, 0) is 17.1 Å². The zero-order chi connectivity index (χ0) is 12.5. The van der Waals surface area contributed by atoms with Crippen LogP contribution in [0.25, 0.3) is 0 Å². The monoisotopic (exact) mass is 294 g/mol. The number of nitrogens with zero attached hydrogens (tertiary/aromatic N) is 3. The van der Waals surface area contributed by atoms with Crippen LogP contribution in [0.3, 0.4) is 0 Å². The van der Waals surface area contributed by atoms with E-state index in [1.807, 2.05) is 7.05 Å². The lowest BCUT2D eigenvalue weighted by Crippen LogP contribution is -2.41. The number of rotatable bonds is 4. The van der Waals surface area contributed by atoms with Crippen molar-refractivity contribution in [2.24, 2.45) is 7.05 Å². The lowest BCUT2D eigenvalue weighted by Gasteiger charge is -2.23. The summed E-state index contributed by atoms with van der Waals surface area (Å²) in [6, 6.07) is 1.60. The highest BCUT2D eigenvalue weighted by Gasteiger charge is 2.36. The first kappa shape index (κ1) is 15.4. The van der Waals surface area contributed by atoms with Crippen LogP contribution >= 0.6 is 12.4 Å². The number of aryl methyl sites for hydroxylation is 1. The molecule has 1 aliphatic rings. The molecular weight excluding hydrogens is 276 g/mol. The summed E-state index contributed by atoms with van der Waals surface area (Å²) in [7, 11) is 0.0857. The first-order chi connectivity index (χ1) is 8.07. The van der Waals surface area contributed by atoms with E-state index < -0.39 is 10.0 Å². The Hall–Kier alpha value is -0.630. The smallest absolute Gasteiger partial charge is 0.260 e. The molecule has 1 aliphatic heterocycles. The number of nitrogens with one attached hydrogen (secondary N) is 1. The third kappa shape index (κ3) is 2.69. The van der Waals surface area contributed by atoms with E-state index in [9.17, 15) is 8.42 Å². The first-order valence-electron chi connectivity index (χ1n) is 5.72. The molecule has 1 aromatic heterocycles. The number of sulfonamides is 1. The number of hydrogen-bond acceptors (Lipinski definition) is 4. The summed E-state index contributed by atoms with van der Waals surface area (Å²) in [5, 5.41) is 7.23. The summed E-state index contributed by atoms with van der Waals surface area (Å²) in [5.41, 5.74) is 0.